The molecule has 7 heteroatoms. The molecule has 108 valence electrons. The molecule has 1 aromatic rings. The van der Waals surface area contributed by atoms with E-state index in [1.54, 1.807) is 18.3 Å². The van der Waals surface area contributed by atoms with Gasteiger partial charge in [0, 0.05) is 12.2 Å². The Hall–Kier alpha value is -2.31. The van der Waals surface area contributed by atoms with Crippen molar-refractivity contribution in [1.29, 1.82) is 0 Å². The van der Waals surface area contributed by atoms with Gasteiger partial charge in [-0.3, -0.25) is 4.79 Å². The molecule has 0 radical (unpaired) electrons. The van der Waals surface area contributed by atoms with Crippen molar-refractivity contribution in [3.8, 4) is 5.88 Å². The second-order valence-electron chi connectivity index (χ2n) is 4.70. The minimum absolute atomic E-state index is 0.213. The molecular formula is C13H18N4O3. The third kappa shape index (κ3) is 3.17. The Bertz CT molecular complexity index is 506. The first-order valence-corrected chi connectivity index (χ1v) is 6.47. The molecule has 1 aliphatic rings. The minimum atomic E-state index is -0.394. The van der Waals surface area contributed by atoms with E-state index >= 15 is 0 Å². The first-order valence-electron chi connectivity index (χ1n) is 6.47. The van der Waals surface area contributed by atoms with Crippen LogP contribution in [0.25, 0.3) is 0 Å². The Labute approximate surface area is 116 Å². The summed E-state index contributed by atoms with van der Waals surface area (Å²) in [7, 11) is 1.48. The number of carbonyl (C=O) groups is 2. The highest BCUT2D eigenvalue weighted by atomic mass is 16.5. The van der Waals surface area contributed by atoms with Crippen LogP contribution in [0, 0.1) is 5.92 Å². The van der Waals surface area contributed by atoms with Gasteiger partial charge in [0.2, 0.25) is 11.8 Å². The molecule has 3 amide bonds. The number of carbonyl (C=O) groups excluding carboxylic acids is 2. The quantitative estimate of drug-likeness (QED) is 0.759. The number of pyridine rings is 1. The minimum Gasteiger partial charge on any atom is -0.480 e. The smallest absolute Gasteiger partial charge is 0.319 e. The van der Waals surface area contributed by atoms with Crippen LogP contribution in [-0.4, -0.2) is 30.1 Å². The molecule has 2 rings (SSSR count). The van der Waals surface area contributed by atoms with Crippen molar-refractivity contribution in [2.24, 2.45) is 11.7 Å². The van der Waals surface area contributed by atoms with E-state index in [1.807, 2.05) is 0 Å². The van der Waals surface area contributed by atoms with Crippen molar-refractivity contribution in [3.63, 3.8) is 0 Å². The van der Waals surface area contributed by atoms with Gasteiger partial charge < -0.3 is 21.1 Å². The summed E-state index contributed by atoms with van der Waals surface area (Å²) in [6.07, 6.45) is 3.93. The van der Waals surface area contributed by atoms with Crippen molar-refractivity contribution in [3.05, 3.63) is 18.3 Å². The van der Waals surface area contributed by atoms with Crippen LogP contribution in [0.3, 0.4) is 0 Å². The van der Waals surface area contributed by atoms with E-state index in [2.05, 4.69) is 15.6 Å². The van der Waals surface area contributed by atoms with Gasteiger partial charge in [-0.05, 0) is 25.0 Å². The van der Waals surface area contributed by atoms with Crippen molar-refractivity contribution in [2.75, 3.05) is 12.4 Å². The summed E-state index contributed by atoms with van der Waals surface area (Å²) < 4.78 is 5.05. The number of aromatic nitrogens is 1. The zero-order valence-electron chi connectivity index (χ0n) is 11.3. The van der Waals surface area contributed by atoms with Crippen LogP contribution in [0.5, 0.6) is 5.88 Å². The van der Waals surface area contributed by atoms with Crippen LogP contribution >= 0.6 is 0 Å². The zero-order valence-corrected chi connectivity index (χ0v) is 11.3. The molecule has 1 heterocycles. The zero-order chi connectivity index (χ0) is 14.5. The lowest BCUT2D eigenvalue weighted by atomic mass is 10.0. The number of rotatable bonds is 4. The number of anilines is 1. The SMILES string of the molecule is COc1ncccc1NC(=O)N[C@H]1CCC[C@H]1C(N)=O. The van der Waals surface area contributed by atoms with E-state index in [0.29, 0.717) is 11.6 Å². The van der Waals surface area contributed by atoms with E-state index in [9.17, 15) is 9.59 Å². The van der Waals surface area contributed by atoms with Crippen LogP contribution in [0.15, 0.2) is 18.3 Å². The van der Waals surface area contributed by atoms with Gasteiger partial charge >= 0.3 is 6.03 Å². The summed E-state index contributed by atoms with van der Waals surface area (Å²) >= 11 is 0. The average molecular weight is 278 g/mol. The highest BCUT2D eigenvalue weighted by Gasteiger charge is 2.32. The monoisotopic (exact) mass is 278 g/mol. The summed E-state index contributed by atoms with van der Waals surface area (Å²) in [6.45, 7) is 0. The number of primary amides is 1. The Morgan fingerprint density at radius 1 is 1.45 bits per heavy atom. The number of urea groups is 1. The molecule has 0 bridgehead atoms. The fourth-order valence-electron chi connectivity index (χ4n) is 2.45. The number of methoxy groups -OCH3 is 1. The van der Waals surface area contributed by atoms with Gasteiger partial charge in [0.25, 0.3) is 0 Å². The molecule has 2 atom stereocenters. The maximum Gasteiger partial charge on any atom is 0.319 e. The van der Waals surface area contributed by atoms with Gasteiger partial charge in [-0.1, -0.05) is 6.42 Å². The Kier molecular flexibility index (Phi) is 4.39. The molecule has 7 nitrogen and oxygen atoms in total. The lowest BCUT2D eigenvalue weighted by Crippen LogP contribution is -2.44. The van der Waals surface area contributed by atoms with Crippen LogP contribution in [0.2, 0.25) is 0 Å². The summed E-state index contributed by atoms with van der Waals surface area (Å²) in [4.78, 5) is 27.2. The topological polar surface area (TPSA) is 106 Å². The number of hydrogen-bond donors (Lipinski definition) is 3. The summed E-state index contributed by atoms with van der Waals surface area (Å²) in [5, 5.41) is 5.43. The van der Waals surface area contributed by atoms with Crippen LogP contribution in [0.4, 0.5) is 10.5 Å². The van der Waals surface area contributed by atoms with Crippen molar-refractivity contribution in [1.82, 2.24) is 10.3 Å². The number of nitrogens with two attached hydrogens (primary N) is 1. The van der Waals surface area contributed by atoms with E-state index < -0.39 is 6.03 Å². The van der Waals surface area contributed by atoms with Crippen LogP contribution < -0.4 is 21.1 Å². The molecule has 0 saturated heterocycles. The van der Waals surface area contributed by atoms with Gasteiger partial charge in [-0.15, -0.1) is 0 Å². The van der Waals surface area contributed by atoms with Gasteiger partial charge in [-0.2, -0.15) is 0 Å². The molecule has 0 aromatic carbocycles. The summed E-state index contributed by atoms with van der Waals surface area (Å²) in [5.74, 6) is -0.330. The number of nitrogens with zero attached hydrogens (tertiary/aromatic N) is 1. The third-order valence-corrected chi connectivity index (χ3v) is 3.41. The number of nitrogens with one attached hydrogen (secondary N) is 2. The van der Waals surface area contributed by atoms with E-state index in [0.717, 1.165) is 19.3 Å². The maximum absolute atomic E-state index is 11.9. The Morgan fingerprint density at radius 2 is 2.25 bits per heavy atom. The van der Waals surface area contributed by atoms with E-state index in [-0.39, 0.29) is 17.9 Å². The highest BCUT2D eigenvalue weighted by Crippen LogP contribution is 2.25. The highest BCUT2D eigenvalue weighted by molar-refractivity contribution is 5.91. The molecule has 4 N–H and O–H groups in total. The van der Waals surface area contributed by atoms with Crippen molar-refractivity contribution < 1.29 is 14.3 Å². The van der Waals surface area contributed by atoms with Crippen molar-refractivity contribution >= 4 is 17.6 Å². The number of amides is 3. The lowest BCUT2D eigenvalue weighted by molar-refractivity contribution is -0.122. The molecule has 1 aromatic heterocycles. The predicted octanol–water partition coefficient (Wildman–Crippen LogP) is 0.866. The van der Waals surface area contributed by atoms with Gasteiger partial charge in [0.05, 0.1) is 13.0 Å². The molecule has 1 saturated carbocycles. The van der Waals surface area contributed by atoms with Gasteiger partial charge in [-0.25, -0.2) is 9.78 Å². The molecule has 1 aliphatic carbocycles. The summed E-state index contributed by atoms with van der Waals surface area (Å²) in [6, 6.07) is 2.77. The lowest BCUT2D eigenvalue weighted by Gasteiger charge is -2.19. The number of hydrogen-bond acceptors (Lipinski definition) is 4. The Balaban J connectivity index is 1.97. The first kappa shape index (κ1) is 14.1. The number of ether oxygens (including phenoxy) is 1. The third-order valence-electron chi connectivity index (χ3n) is 3.41. The fraction of sp³-hybridized carbons (Fsp3) is 0.462. The molecule has 0 spiro atoms. The van der Waals surface area contributed by atoms with Crippen LogP contribution in [0.1, 0.15) is 19.3 Å². The fourth-order valence-corrected chi connectivity index (χ4v) is 2.45. The molecule has 0 aliphatic heterocycles. The van der Waals surface area contributed by atoms with E-state index in [1.165, 1.54) is 7.11 Å². The second-order valence-corrected chi connectivity index (χ2v) is 4.70. The molecule has 1 fully saturated rings. The Morgan fingerprint density at radius 3 is 2.95 bits per heavy atom. The maximum atomic E-state index is 11.9. The van der Waals surface area contributed by atoms with E-state index in [4.69, 9.17) is 10.5 Å². The average Bonchev–Trinajstić information content (AvgIpc) is 2.87. The summed E-state index contributed by atoms with van der Waals surface area (Å²) in [5.41, 5.74) is 5.79. The van der Waals surface area contributed by atoms with Crippen LogP contribution in [-0.2, 0) is 4.79 Å². The van der Waals surface area contributed by atoms with Crippen molar-refractivity contribution in [2.45, 2.75) is 25.3 Å². The van der Waals surface area contributed by atoms with Gasteiger partial charge in [0.15, 0.2) is 0 Å². The molecule has 20 heavy (non-hydrogen) atoms. The largest absolute Gasteiger partial charge is 0.480 e. The molecule has 0 unspecified atom stereocenters. The second kappa shape index (κ2) is 6.23. The first-order chi connectivity index (χ1) is 9.61. The standard InChI is InChI=1S/C13H18N4O3/c1-20-12-10(6-3-7-15-12)17-13(19)16-9-5-2-4-8(9)11(14)18/h3,6-9H,2,4-5H2,1H3,(H2,14,18)(H2,16,17,19)/t8-,9+/m1/s1. The molecular weight excluding hydrogens is 260 g/mol. The predicted molar refractivity (Wildman–Crippen MR) is 73.3 cm³/mol. The van der Waals surface area contributed by atoms with Gasteiger partial charge in [0.1, 0.15) is 5.69 Å². The normalized spacial score (nSPS) is 21.2.